The first-order chi connectivity index (χ1) is 25.8. The summed E-state index contributed by atoms with van der Waals surface area (Å²) < 4.78 is 2.63. The van der Waals surface area contributed by atoms with Crippen molar-refractivity contribution < 1.29 is 0 Å². The smallest absolute Gasteiger partial charge is 0.0540 e. The third-order valence-corrected chi connectivity index (χ3v) is 11.4. The highest BCUT2D eigenvalue weighted by Gasteiger charge is 2.20. The van der Waals surface area contributed by atoms with E-state index in [4.69, 9.17) is 0 Å². The molecule has 0 aliphatic heterocycles. The van der Waals surface area contributed by atoms with Gasteiger partial charge in [-0.1, -0.05) is 152 Å². The molecule has 1 nitrogen and oxygen atoms in total. The highest BCUT2D eigenvalue weighted by molar-refractivity contribution is 7.25. The molecule has 0 aliphatic carbocycles. The summed E-state index contributed by atoms with van der Waals surface area (Å²) in [5, 5.41) is 7.59. The second-order valence-corrected chi connectivity index (χ2v) is 14.4. The Bertz CT molecular complexity index is 2910. The number of thiophene rings is 1. The topological polar surface area (TPSA) is 3.24 Å². The lowest BCUT2D eigenvalue weighted by molar-refractivity contribution is 1.30. The molecule has 0 amide bonds. The Morgan fingerprint density at radius 3 is 1.79 bits per heavy atom. The van der Waals surface area contributed by atoms with Crippen molar-refractivity contribution in [2.75, 3.05) is 4.90 Å². The van der Waals surface area contributed by atoms with Gasteiger partial charge < -0.3 is 4.90 Å². The van der Waals surface area contributed by atoms with Crippen molar-refractivity contribution in [2.45, 2.75) is 0 Å². The normalized spacial score (nSPS) is 11.5. The molecule has 0 spiro atoms. The van der Waals surface area contributed by atoms with Gasteiger partial charge in [0.2, 0.25) is 0 Å². The van der Waals surface area contributed by atoms with E-state index in [9.17, 15) is 0 Å². The number of benzene rings is 9. The third-order valence-electron chi connectivity index (χ3n) is 10.2. The van der Waals surface area contributed by atoms with Crippen molar-refractivity contribution in [3.63, 3.8) is 0 Å². The lowest BCUT2D eigenvalue weighted by Crippen LogP contribution is -2.11. The molecule has 1 heterocycles. The number of nitrogens with zero attached hydrogens (tertiary/aromatic N) is 1. The Labute approximate surface area is 307 Å². The predicted octanol–water partition coefficient (Wildman–Crippen LogP) is 14.8. The van der Waals surface area contributed by atoms with Gasteiger partial charge in [0.25, 0.3) is 0 Å². The molecule has 52 heavy (non-hydrogen) atoms. The van der Waals surface area contributed by atoms with Gasteiger partial charge in [-0.2, -0.15) is 0 Å². The molecule has 1 aromatic heterocycles. The predicted molar refractivity (Wildman–Crippen MR) is 225 cm³/mol. The summed E-state index contributed by atoms with van der Waals surface area (Å²) in [6.45, 7) is 0. The van der Waals surface area contributed by atoms with Crippen molar-refractivity contribution in [1.29, 1.82) is 0 Å². The molecule has 0 saturated heterocycles. The van der Waals surface area contributed by atoms with Crippen LogP contribution >= 0.6 is 11.3 Å². The van der Waals surface area contributed by atoms with Gasteiger partial charge in [0.05, 0.1) is 11.4 Å². The monoisotopic (exact) mass is 679 g/mol. The van der Waals surface area contributed by atoms with E-state index in [-0.39, 0.29) is 0 Å². The molecule has 10 aromatic rings. The second-order valence-electron chi connectivity index (χ2n) is 13.3. The van der Waals surface area contributed by atoms with E-state index in [1.165, 1.54) is 75.1 Å². The van der Waals surface area contributed by atoms with E-state index >= 15 is 0 Å². The van der Waals surface area contributed by atoms with E-state index in [0.717, 1.165) is 17.1 Å². The Balaban J connectivity index is 1.09. The maximum absolute atomic E-state index is 2.43. The highest BCUT2D eigenvalue weighted by Crippen LogP contribution is 2.45. The molecule has 10 rings (SSSR count). The van der Waals surface area contributed by atoms with Crippen LogP contribution in [0.2, 0.25) is 0 Å². The molecule has 0 N–H and O–H groups in total. The fourth-order valence-electron chi connectivity index (χ4n) is 7.67. The van der Waals surface area contributed by atoms with Crippen molar-refractivity contribution in [2.24, 2.45) is 0 Å². The van der Waals surface area contributed by atoms with Crippen LogP contribution in [-0.2, 0) is 0 Å². The van der Waals surface area contributed by atoms with Crippen LogP contribution in [0.4, 0.5) is 17.1 Å². The van der Waals surface area contributed by atoms with Gasteiger partial charge in [-0.15, -0.1) is 11.3 Å². The SMILES string of the molecule is c1cc(-c2ccc(N(c3ccccc3-c3ccc4c(c3)sc3ccccc34)c3cccc4ccccc34)cc2)cc(-c2ccc3ccccc3c2)c1. The van der Waals surface area contributed by atoms with Crippen molar-refractivity contribution in [3.05, 3.63) is 200 Å². The average molecular weight is 680 g/mol. The van der Waals surface area contributed by atoms with Crippen molar-refractivity contribution in [1.82, 2.24) is 0 Å². The fraction of sp³-hybridized carbons (Fsp3) is 0. The minimum atomic E-state index is 1.11. The van der Waals surface area contributed by atoms with Gasteiger partial charge in [-0.05, 0) is 92.5 Å². The zero-order valence-electron chi connectivity index (χ0n) is 28.4. The van der Waals surface area contributed by atoms with Gasteiger partial charge in [-0.25, -0.2) is 0 Å². The maximum atomic E-state index is 2.43. The molecule has 0 unspecified atom stereocenters. The van der Waals surface area contributed by atoms with Crippen LogP contribution < -0.4 is 4.90 Å². The minimum Gasteiger partial charge on any atom is -0.309 e. The minimum absolute atomic E-state index is 1.11. The van der Waals surface area contributed by atoms with Crippen LogP contribution in [0.5, 0.6) is 0 Å². The van der Waals surface area contributed by atoms with E-state index in [1.807, 2.05) is 11.3 Å². The molecule has 0 radical (unpaired) electrons. The number of rotatable bonds is 6. The first-order valence-corrected chi connectivity index (χ1v) is 18.6. The van der Waals surface area contributed by atoms with Crippen LogP contribution in [-0.4, -0.2) is 0 Å². The summed E-state index contributed by atoms with van der Waals surface area (Å²) >= 11 is 1.87. The Hall–Kier alpha value is -6.48. The largest absolute Gasteiger partial charge is 0.309 e. The molecule has 0 saturated carbocycles. The van der Waals surface area contributed by atoms with Crippen molar-refractivity contribution >= 4 is 70.1 Å². The van der Waals surface area contributed by atoms with Crippen molar-refractivity contribution in [3.8, 4) is 33.4 Å². The zero-order valence-corrected chi connectivity index (χ0v) is 29.2. The van der Waals surface area contributed by atoms with Crippen LogP contribution in [0.1, 0.15) is 0 Å². The van der Waals surface area contributed by atoms with Gasteiger partial charge >= 0.3 is 0 Å². The highest BCUT2D eigenvalue weighted by atomic mass is 32.1. The molecule has 0 bridgehead atoms. The molecule has 9 aromatic carbocycles. The summed E-state index contributed by atoms with van der Waals surface area (Å²) in [6, 6.07) is 73.0. The molecule has 2 heteroatoms. The molecular weight excluding hydrogens is 647 g/mol. The number of para-hydroxylation sites is 1. The molecule has 244 valence electrons. The Morgan fingerprint density at radius 2 is 0.904 bits per heavy atom. The van der Waals surface area contributed by atoms with E-state index in [0.29, 0.717) is 0 Å². The third kappa shape index (κ3) is 5.33. The van der Waals surface area contributed by atoms with E-state index in [2.05, 4.69) is 205 Å². The molecule has 0 atom stereocenters. The first-order valence-electron chi connectivity index (χ1n) is 17.8. The lowest BCUT2D eigenvalue weighted by atomic mass is 9.97. The lowest BCUT2D eigenvalue weighted by Gasteiger charge is -2.29. The molecular formula is C50H33NS. The summed E-state index contributed by atoms with van der Waals surface area (Å²) in [4.78, 5) is 2.43. The van der Waals surface area contributed by atoms with Crippen LogP contribution in [0, 0.1) is 0 Å². The zero-order chi connectivity index (χ0) is 34.4. The van der Waals surface area contributed by atoms with Crippen LogP contribution in [0.3, 0.4) is 0 Å². The summed E-state index contributed by atoms with van der Waals surface area (Å²) in [5.41, 5.74) is 10.6. The Kier molecular flexibility index (Phi) is 7.41. The number of fused-ring (bicyclic) bond motifs is 5. The quantitative estimate of drug-likeness (QED) is 0.169. The Morgan fingerprint density at radius 1 is 0.308 bits per heavy atom. The first kappa shape index (κ1) is 30.4. The van der Waals surface area contributed by atoms with E-state index in [1.54, 1.807) is 0 Å². The average Bonchev–Trinajstić information content (AvgIpc) is 3.59. The van der Waals surface area contributed by atoms with Gasteiger partial charge in [-0.3, -0.25) is 0 Å². The fourth-order valence-corrected chi connectivity index (χ4v) is 8.81. The molecule has 0 aliphatic rings. The van der Waals surface area contributed by atoms with E-state index < -0.39 is 0 Å². The van der Waals surface area contributed by atoms with Crippen LogP contribution in [0.15, 0.2) is 200 Å². The van der Waals surface area contributed by atoms with Gasteiger partial charge in [0, 0.05) is 36.8 Å². The summed E-state index contributed by atoms with van der Waals surface area (Å²) in [7, 11) is 0. The summed E-state index contributed by atoms with van der Waals surface area (Å²) in [6.07, 6.45) is 0. The van der Waals surface area contributed by atoms with Gasteiger partial charge in [0.15, 0.2) is 0 Å². The second kappa shape index (κ2) is 12.7. The van der Waals surface area contributed by atoms with Crippen LogP contribution in [0.25, 0.3) is 75.1 Å². The number of hydrogen-bond donors (Lipinski definition) is 0. The maximum Gasteiger partial charge on any atom is 0.0540 e. The summed E-state index contributed by atoms with van der Waals surface area (Å²) in [5.74, 6) is 0. The standard InChI is InChI=1S/C50H33NS/c1-2-13-37-32-40(24-23-34(37)11-1)39-16-9-15-38(31-39)35-25-28-42(29-26-35)51(48-21-10-14-36-12-3-4-17-43(36)48)47-20-7-5-18-44(47)41-27-30-46-45-19-6-8-22-49(45)52-50(46)33-41/h1-33H. The molecule has 0 fully saturated rings. The number of anilines is 3. The number of hydrogen-bond acceptors (Lipinski definition) is 2. The van der Waals surface area contributed by atoms with Gasteiger partial charge in [0.1, 0.15) is 0 Å².